The van der Waals surface area contributed by atoms with Crippen LogP contribution >= 0.6 is 0 Å². The zero-order chi connectivity index (χ0) is 22.1. The van der Waals surface area contributed by atoms with E-state index in [9.17, 15) is 15.3 Å². The third-order valence-electron chi connectivity index (χ3n) is 8.56. The van der Waals surface area contributed by atoms with Crippen molar-refractivity contribution in [2.24, 2.45) is 29.1 Å². The van der Waals surface area contributed by atoms with Gasteiger partial charge in [0.1, 0.15) is 0 Å². The van der Waals surface area contributed by atoms with Crippen molar-refractivity contribution in [3.8, 4) is 0 Å². The largest absolute Gasteiger partial charge is 0.393 e. The first-order valence-corrected chi connectivity index (χ1v) is 12.2. The van der Waals surface area contributed by atoms with Gasteiger partial charge in [0.15, 0.2) is 0 Å². The molecule has 3 fully saturated rings. The summed E-state index contributed by atoms with van der Waals surface area (Å²) in [5, 5.41) is 30.2. The Hall–Kier alpha value is -0.900. The Morgan fingerprint density at radius 1 is 1.03 bits per heavy atom. The molecular formula is C27H44O3. The molecule has 3 heteroatoms. The topological polar surface area (TPSA) is 60.7 Å². The molecule has 0 spiro atoms. The van der Waals surface area contributed by atoms with Crippen LogP contribution in [0.1, 0.15) is 86.0 Å². The maximum atomic E-state index is 10.2. The molecule has 3 nitrogen and oxygen atoms in total. The Bertz CT molecular complexity index is 671. The predicted molar refractivity (Wildman–Crippen MR) is 124 cm³/mol. The normalized spacial score (nSPS) is 38.7. The van der Waals surface area contributed by atoms with E-state index in [2.05, 4.69) is 45.1 Å². The summed E-state index contributed by atoms with van der Waals surface area (Å²) in [4.78, 5) is 0. The minimum Gasteiger partial charge on any atom is -0.393 e. The van der Waals surface area contributed by atoms with Gasteiger partial charge in [-0.15, -0.1) is 0 Å². The minimum atomic E-state index is -0.674. The number of hydrogen-bond acceptors (Lipinski definition) is 3. The van der Waals surface area contributed by atoms with Crippen LogP contribution < -0.4 is 0 Å². The van der Waals surface area contributed by atoms with Gasteiger partial charge in [0.05, 0.1) is 17.8 Å². The number of rotatable bonds is 5. The monoisotopic (exact) mass is 416 g/mol. The van der Waals surface area contributed by atoms with Crippen molar-refractivity contribution in [2.45, 2.75) is 104 Å². The van der Waals surface area contributed by atoms with Crippen molar-refractivity contribution in [2.75, 3.05) is 0 Å². The molecule has 170 valence electrons. The fourth-order valence-electron chi connectivity index (χ4n) is 6.39. The molecule has 0 aliphatic heterocycles. The molecule has 3 saturated carbocycles. The van der Waals surface area contributed by atoms with Crippen LogP contribution in [0.5, 0.6) is 0 Å². The van der Waals surface area contributed by atoms with Crippen LogP contribution in [-0.2, 0) is 0 Å². The second-order valence-electron chi connectivity index (χ2n) is 11.3. The van der Waals surface area contributed by atoms with Crippen LogP contribution in [0, 0.1) is 29.1 Å². The molecule has 0 radical (unpaired) electrons. The lowest BCUT2D eigenvalue weighted by atomic mass is 9.61. The summed E-state index contributed by atoms with van der Waals surface area (Å²) in [5.74, 6) is 2.00. The van der Waals surface area contributed by atoms with Gasteiger partial charge in [-0.1, -0.05) is 56.2 Å². The number of aliphatic hydroxyl groups excluding tert-OH is 2. The summed E-state index contributed by atoms with van der Waals surface area (Å²) in [5.41, 5.74) is 2.43. The lowest BCUT2D eigenvalue weighted by Gasteiger charge is -2.44. The Balaban J connectivity index is 1.73. The molecule has 30 heavy (non-hydrogen) atoms. The van der Waals surface area contributed by atoms with E-state index in [4.69, 9.17) is 0 Å². The summed E-state index contributed by atoms with van der Waals surface area (Å²) in [7, 11) is 0. The second kappa shape index (κ2) is 9.30. The minimum absolute atomic E-state index is 0.152. The smallest absolute Gasteiger partial charge is 0.0651 e. The van der Waals surface area contributed by atoms with E-state index in [-0.39, 0.29) is 5.92 Å². The summed E-state index contributed by atoms with van der Waals surface area (Å²) >= 11 is 0. The Labute approximate surface area is 184 Å². The van der Waals surface area contributed by atoms with Crippen LogP contribution in [0.2, 0.25) is 0 Å². The molecule has 0 bridgehead atoms. The van der Waals surface area contributed by atoms with E-state index < -0.39 is 17.8 Å². The highest BCUT2D eigenvalue weighted by Gasteiger charge is 2.50. The molecule has 0 aromatic heterocycles. The highest BCUT2D eigenvalue weighted by Crippen LogP contribution is 2.59. The second-order valence-corrected chi connectivity index (χ2v) is 11.3. The molecule has 0 amide bonds. The van der Waals surface area contributed by atoms with Gasteiger partial charge in [0, 0.05) is 5.92 Å². The Kier molecular flexibility index (Phi) is 7.37. The van der Waals surface area contributed by atoms with Gasteiger partial charge in [0.2, 0.25) is 0 Å². The van der Waals surface area contributed by atoms with Crippen LogP contribution in [0.3, 0.4) is 0 Å². The van der Waals surface area contributed by atoms with E-state index in [1.807, 2.05) is 13.8 Å². The highest BCUT2D eigenvalue weighted by molar-refractivity contribution is 5.26. The van der Waals surface area contributed by atoms with Gasteiger partial charge in [-0.3, -0.25) is 0 Å². The van der Waals surface area contributed by atoms with Crippen LogP contribution in [0.25, 0.3) is 0 Å². The zero-order valence-corrected chi connectivity index (χ0v) is 19.8. The fourth-order valence-corrected chi connectivity index (χ4v) is 6.39. The third kappa shape index (κ3) is 5.29. The quantitative estimate of drug-likeness (QED) is 0.514. The lowest BCUT2D eigenvalue weighted by Crippen LogP contribution is -2.35. The van der Waals surface area contributed by atoms with Crippen molar-refractivity contribution in [1.82, 2.24) is 0 Å². The average molecular weight is 417 g/mol. The van der Waals surface area contributed by atoms with Gasteiger partial charge in [-0.25, -0.2) is 0 Å². The molecular weight excluding hydrogens is 372 g/mol. The standard InChI is InChI=1S/C27H44O3/c1-18(8-9-19(2)26(3,4)30)24-12-13-25-21(7-6-14-27(24,25)5)11-10-20-15-22(28)17-23(29)16-20/h8-11,18-19,22-25,28-30H,6-7,12-17H2,1-5H3/b9-8+,21-11-/t18-,19+,22-,23-,24?,25?,27-/m1/s1. The highest BCUT2D eigenvalue weighted by atomic mass is 16.3. The van der Waals surface area contributed by atoms with E-state index in [1.165, 1.54) is 37.7 Å². The summed E-state index contributed by atoms with van der Waals surface area (Å²) in [6.07, 6.45) is 16.5. The first kappa shape index (κ1) is 23.8. The molecule has 0 saturated heterocycles. The van der Waals surface area contributed by atoms with Crippen molar-refractivity contribution in [3.05, 3.63) is 35.5 Å². The van der Waals surface area contributed by atoms with Gasteiger partial charge < -0.3 is 15.3 Å². The summed E-state index contributed by atoms with van der Waals surface area (Å²) in [6, 6.07) is 0. The van der Waals surface area contributed by atoms with Crippen LogP contribution in [0.4, 0.5) is 0 Å². The van der Waals surface area contributed by atoms with Gasteiger partial charge in [-0.05, 0) is 88.4 Å². The predicted octanol–water partition coefficient (Wildman–Crippen LogP) is 5.56. The summed E-state index contributed by atoms with van der Waals surface area (Å²) < 4.78 is 0. The molecule has 3 aliphatic rings. The molecule has 3 N–H and O–H groups in total. The Morgan fingerprint density at radius 3 is 2.33 bits per heavy atom. The van der Waals surface area contributed by atoms with Crippen molar-refractivity contribution >= 4 is 0 Å². The first-order chi connectivity index (χ1) is 14.0. The average Bonchev–Trinajstić information content (AvgIpc) is 3.00. The number of aliphatic hydroxyl groups is 3. The number of allylic oxidation sites excluding steroid dienone is 4. The van der Waals surface area contributed by atoms with E-state index >= 15 is 0 Å². The van der Waals surface area contributed by atoms with Crippen molar-refractivity contribution in [3.63, 3.8) is 0 Å². The first-order valence-electron chi connectivity index (χ1n) is 12.2. The maximum Gasteiger partial charge on any atom is 0.0651 e. The van der Waals surface area contributed by atoms with E-state index in [0.29, 0.717) is 42.4 Å². The molecule has 0 heterocycles. The van der Waals surface area contributed by atoms with Gasteiger partial charge >= 0.3 is 0 Å². The number of fused-ring (bicyclic) bond motifs is 1. The molecule has 3 rings (SSSR count). The molecule has 0 aromatic carbocycles. The van der Waals surface area contributed by atoms with Crippen LogP contribution in [-0.4, -0.2) is 33.1 Å². The fraction of sp³-hybridized carbons (Fsp3) is 0.778. The van der Waals surface area contributed by atoms with Gasteiger partial charge in [-0.2, -0.15) is 0 Å². The summed E-state index contributed by atoms with van der Waals surface area (Å²) in [6.45, 7) is 10.7. The molecule has 3 aliphatic carbocycles. The number of hydrogen-bond donors (Lipinski definition) is 3. The van der Waals surface area contributed by atoms with Crippen molar-refractivity contribution < 1.29 is 15.3 Å². The van der Waals surface area contributed by atoms with Crippen molar-refractivity contribution in [1.29, 1.82) is 0 Å². The van der Waals surface area contributed by atoms with Gasteiger partial charge in [0.25, 0.3) is 0 Å². The zero-order valence-electron chi connectivity index (χ0n) is 19.8. The third-order valence-corrected chi connectivity index (χ3v) is 8.56. The Morgan fingerprint density at radius 2 is 1.70 bits per heavy atom. The molecule has 7 atom stereocenters. The maximum absolute atomic E-state index is 10.2. The SMILES string of the molecule is C[C@H](/C=C/[C@H](C)C(C)(C)O)C1CCC2/C(=C\C=C3C[C@@H](O)C[C@H](O)C3)CCC[C@@]21C. The van der Waals surface area contributed by atoms with E-state index in [1.54, 1.807) is 5.57 Å². The van der Waals surface area contributed by atoms with Crippen LogP contribution in [0.15, 0.2) is 35.5 Å². The molecule has 0 aromatic rings. The van der Waals surface area contributed by atoms with E-state index in [0.717, 1.165) is 0 Å². The molecule has 2 unspecified atom stereocenters. The lowest BCUT2D eigenvalue weighted by molar-refractivity contribution is 0.0436.